The van der Waals surface area contributed by atoms with Crippen LogP contribution in [0.4, 0.5) is 22.7 Å². The summed E-state index contributed by atoms with van der Waals surface area (Å²) in [4.78, 5) is 11.8. The number of hydrogen-bond donors (Lipinski definition) is 0. The summed E-state index contributed by atoms with van der Waals surface area (Å²) in [5.41, 5.74) is 13.1. The third kappa shape index (κ3) is 3.36. The van der Waals surface area contributed by atoms with E-state index in [1.807, 2.05) is 12.1 Å². The molecule has 2 unspecified atom stereocenters. The molecule has 165 valence electrons. The third-order valence-corrected chi connectivity index (χ3v) is 7.55. The van der Waals surface area contributed by atoms with E-state index in [0.29, 0.717) is 17.8 Å². The van der Waals surface area contributed by atoms with Crippen LogP contribution in [-0.2, 0) is 45.6 Å². The second-order valence-electron chi connectivity index (χ2n) is 9.59. The molecular formula is C29H24N4Y-2. The molecule has 0 bridgehead atoms. The number of rotatable bonds is 0. The zero-order chi connectivity index (χ0) is 22.9. The Morgan fingerprint density at radius 2 is 1.56 bits per heavy atom. The molecule has 5 heterocycles. The van der Waals surface area contributed by atoms with Gasteiger partial charge in [-0.25, -0.2) is 16.6 Å². The van der Waals surface area contributed by atoms with Crippen molar-refractivity contribution < 1.29 is 32.7 Å². The Labute approximate surface area is 227 Å². The molecule has 2 aromatic rings. The van der Waals surface area contributed by atoms with Gasteiger partial charge in [-0.3, -0.25) is 0 Å². The van der Waals surface area contributed by atoms with Gasteiger partial charge < -0.3 is 9.80 Å². The van der Waals surface area contributed by atoms with Crippen molar-refractivity contribution >= 4 is 28.8 Å². The maximum atomic E-state index is 7.16. The van der Waals surface area contributed by atoms with Gasteiger partial charge in [0.1, 0.15) is 6.57 Å². The van der Waals surface area contributed by atoms with E-state index in [1.54, 1.807) is 6.07 Å². The largest absolute Gasteiger partial charge is 0.397 e. The number of anilines is 2. The van der Waals surface area contributed by atoms with E-state index in [1.165, 1.54) is 45.6 Å². The molecule has 0 aliphatic carbocycles. The van der Waals surface area contributed by atoms with E-state index < -0.39 is 0 Å². The van der Waals surface area contributed by atoms with E-state index in [4.69, 9.17) is 13.1 Å². The van der Waals surface area contributed by atoms with Crippen molar-refractivity contribution in [1.29, 1.82) is 0 Å². The predicted molar refractivity (Wildman–Crippen MR) is 133 cm³/mol. The summed E-state index contributed by atoms with van der Waals surface area (Å²) in [5, 5.41) is 0. The fourth-order valence-electron chi connectivity index (χ4n) is 6.10. The first-order valence-electron chi connectivity index (χ1n) is 11.4. The van der Waals surface area contributed by atoms with Crippen LogP contribution in [0.3, 0.4) is 0 Å². The van der Waals surface area contributed by atoms with Crippen LogP contribution in [0.1, 0.15) is 43.4 Å². The van der Waals surface area contributed by atoms with Gasteiger partial charge in [0.05, 0.1) is 6.57 Å². The number of allylic oxidation sites excluding steroid dienone is 2. The minimum Gasteiger partial charge on any atom is -0.397 e. The zero-order valence-corrected chi connectivity index (χ0v) is 22.4. The monoisotopic (exact) mass is 517 g/mol. The molecular weight excluding hydrogens is 493 g/mol. The van der Waals surface area contributed by atoms with Crippen LogP contribution in [0.15, 0.2) is 52.9 Å². The van der Waals surface area contributed by atoms with Gasteiger partial charge in [0.25, 0.3) is 0 Å². The van der Waals surface area contributed by atoms with Gasteiger partial charge in [-0.2, -0.15) is 11.6 Å². The van der Waals surface area contributed by atoms with Crippen molar-refractivity contribution in [3.05, 3.63) is 105 Å². The van der Waals surface area contributed by atoms with Crippen molar-refractivity contribution in [3.63, 3.8) is 0 Å². The maximum Gasteiger partial charge on any atom is 0.208 e. The molecule has 2 atom stereocenters. The molecule has 0 spiro atoms. The molecule has 5 aliphatic rings. The molecule has 34 heavy (non-hydrogen) atoms. The van der Waals surface area contributed by atoms with E-state index in [0.717, 1.165) is 36.3 Å². The summed E-state index contributed by atoms with van der Waals surface area (Å²) in [5.74, 6) is 0. The normalized spacial score (nSPS) is 21.9. The Balaban J connectivity index is 0.000000138. The van der Waals surface area contributed by atoms with Crippen LogP contribution in [0.5, 0.6) is 0 Å². The Hall–Kier alpha value is -2.79. The fourth-order valence-corrected chi connectivity index (χ4v) is 6.10. The van der Waals surface area contributed by atoms with Crippen LogP contribution in [0, 0.1) is 26.1 Å². The van der Waals surface area contributed by atoms with E-state index >= 15 is 0 Å². The molecule has 0 saturated carbocycles. The smallest absolute Gasteiger partial charge is 0.208 e. The second-order valence-corrected chi connectivity index (χ2v) is 9.59. The molecule has 0 amide bonds. The van der Waals surface area contributed by atoms with Crippen LogP contribution >= 0.6 is 0 Å². The van der Waals surface area contributed by atoms with Gasteiger partial charge in [0.15, 0.2) is 5.69 Å². The second kappa shape index (κ2) is 8.46. The van der Waals surface area contributed by atoms with E-state index in [2.05, 4.69) is 64.5 Å². The number of fused-ring (bicyclic) bond motifs is 3. The molecule has 2 aromatic carbocycles. The number of nitrogens with zero attached hydrogens (tertiary/aromatic N) is 4. The average Bonchev–Trinajstić information content (AvgIpc) is 3.52. The molecule has 0 saturated heterocycles. The number of benzene rings is 2. The summed E-state index contributed by atoms with van der Waals surface area (Å²) < 4.78 is 0. The zero-order valence-electron chi connectivity index (χ0n) is 19.5. The fraction of sp³-hybridized carbons (Fsp3) is 0.276. The standard InChI is InChI=1S/C15H12N2.C14H12N2.Y/c1-9-5-13-8-11-7-12(16-2)6-10-3-4-14(9)17(13)15(10)11;1-9-6-13-8-11-7-12(15-3)4-5-14(11)16(13)10(9)2;/h3-4,6-7,13H,5,8H2,1H3;4,7,13H,2,6,8H2,1H3;/q;-2;. The maximum absolute atomic E-state index is 7.16. The van der Waals surface area contributed by atoms with Crippen molar-refractivity contribution in [2.24, 2.45) is 0 Å². The molecule has 0 aromatic heterocycles. The molecule has 0 fully saturated rings. The molecule has 1 radical (unpaired) electrons. The van der Waals surface area contributed by atoms with Gasteiger partial charge in [-0.15, -0.1) is 18.2 Å². The minimum absolute atomic E-state index is 0. The minimum atomic E-state index is 0. The Bertz CT molecular complexity index is 1400. The molecule has 4 nitrogen and oxygen atoms in total. The van der Waals surface area contributed by atoms with Crippen LogP contribution in [0.25, 0.3) is 15.8 Å². The number of hydrogen-bond acceptors (Lipinski definition) is 2. The molecule has 7 rings (SSSR count). The SMILES string of the molecule is [C-]#[N+]c1c[c-]c2c(c1)CC1CC(C)=C([CH2-])N21.[C-]#[N+]c1cc2c3c(c1)CC1CC(C)=C(C=C2)N31.[Y]. The van der Waals surface area contributed by atoms with Crippen LogP contribution in [-0.4, -0.2) is 12.1 Å². The third-order valence-electron chi connectivity index (χ3n) is 7.55. The Morgan fingerprint density at radius 1 is 0.882 bits per heavy atom. The summed E-state index contributed by atoms with van der Waals surface area (Å²) in [7, 11) is 0. The summed E-state index contributed by atoms with van der Waals surface area (Å²) in [6.07, 6.45) is 8.74. The summed E-state index contributed by atoms with van der Waals surface area (Å²) in [6.45, 7) is 22.7. The van der Waals surface area contributed by atoms with Crippen molar-refractivity contribution in [2.45, 2.75) is 51.6 Å². The van der Waals surface area contributed by atoms with Gasteiger partial charge >= 0.3 is 0 Å². The first-order valence-corrected chi connectivity index (χ1v) is 11.4. The molecule has 5 aliphatic heterocycles. The quantitative estimate of drug-likeness (QED) is 0.352. The van der Waals surface area contributed by atoms with Gasteiger partial charge in [0.2, 0.25) is 5.69 Å². The van der Waals surface area contributed by atoms with Crippen LogP contribution < -0.4 is 9.80 Å². The van der Waals surface area contributed by atoms with Crippen molar-refractivity contribution in [2.75, 3.05) is 9.80 Å². The van der Waals surface area contributed by atoms with E-state index in [-0.39, 0.29) is 32.7 Å². The Kier molecular flexibility index (Phi) is 5.72. The van der Waals surface area contributed by atoms with Crippen molar-refractivity contribution in [3.8, 4) is 0 Å². The van der Waals surface area contributed by atoms with Gasteiger partial charge in [-0.05, 0) is 48.6 Å². The van der Waals surface area contributed by atoms with Crippen LogP contribution in [0.2, 0.25) is 0 Å². The topological polar surface area (TPSA) is 15.2 Å². The molecule has 0 N–H and O–H groups in total. The first-order chi connectivity index (χ1) is 16.0. The average molecular weight is 517 g/mol. The molecule has 5 heteroatoms. The Morgan fingerprint density at radius 3 is 2.32 bits per heavy atom. The first kappa shape index (κ1) is 23.0. The summed E-state index contributed by atoms with van der Waals surface area (Å²) in [6, 6.07) is 12.2. The summed E-state index contributed by atoms with van der Waals surface area (Å²) >= 11 is 0. The predicted octanol–water partition coefficient (Wildman–Crippen LogP) is 6.95. The van der Waals surface area contributed by atoms with Gasteiger partial charge in [-0.1, -0.05) is 42.8 Å². The van der Waals surface area contributed by atoms with Gasteiger partial charge in [0, 0.05) is 56.2 Å². The van der Waals surface area contributed by atoms with Crippen molar-refractivity contribution in [1.82, 2.24) is 0 Å². The van der Waals surface area contributed by atoms with E-state index in [9.17, 15) is 0 Å².